The van der Waals surface area contributed by atoms with Gasteiger partial charge >= 0.3 is 15.7 Å². The minimum Gasteiger partial charge on any atom is -0.423 e. The molecule has 0 bridgehead atoms. The van der Waals surface area contributed by atoms with Crippen LogP contribution in [-0.4, -0.2) is 8.42 Å². The molecule has 0 aliphatic carbocycles. The van der Waals surface area contributed by atoms with Gasteiger partial charge < -0.3 is 8.60 Å². The summed E-state index contributed by atoms with van der Waals surface area (Å²) in [6.07, 6.45) is 1.48. The van der Waals surface area contributed by atoms with Gasteiger partial charge in [0.15, 0.2) is 11.6 Å². The molecule has 8 heteroatoms. The van der Waals surface area contributed by atoms with Crippen LogP contribution in [0.5, 0.6) is 5.75 Å². The van der Waals surface area contributed by atoms with E-state index in [9.17, 15) is 22.0 Å². The zero-order valence-electron chi connectivity index (χ0n) is 13.7. The minimum atomic E-state index is -4.38. The van der Waals surface area contributed by atoms with Crippen molar-refractivity contribution in [1.82, 2.24) is 0 Å². The van der Waals surface area contributed by atoms with E-state index >= 15 is 0 Å². The molecule has 0 atom stereocenters. The van der Waals surface area contributed by atoms with Crippen LogP contribution in [0.4, 0.5) is 8.78 Å². The molecule has 0 N–H and O–H groups in total. The van der Waals surface area contributed by atoms with Crippen molar-refractivity contribution >= 4 is 21.1 Å². The van der Waals surface area contributed by atoms with Gasteiger partial charge in [-0.3, -0.25) is 0 Å². The normalized spacial score (nSPS) is 11.7. The van der Waals surface area contributed by atoms with Crippen molar-refractivity contribution < 1.29 is 25.8 Å². The van der Waals surface area contributed by atoms with Crippen LogP contribution in [0.1, 0.15) is 18.9 Å². The lowest BCUT2D eigenvalue weighted by molar-refractivity contribution is 0.478. The Morgan fingerprint density at radius 3 is 2.50 bits per heavy atom. The first-order valence-electron chi connectivity index (χ1n) is 7.76. The van der Waals surface area contributed by atoms with Crippen molar-refractivity contribution in [1.29, 1.82) is 0 Å². The number of aryl methyl sites for hydroxylation is 1. The molecule has 0 spiro atoms. The molecule has 136 valence electrons. The van der Waals surface area contributed by atoms with Gasteiger partial charge in [0.2, 0.25) is 0 Å². The van der Waals surface area contributed by atoms with Crippen molar-refractivity contribution in [3.63, 3.8) is 0 Å². The number of benzene rings is 2. The predicted molar refractivity (Wildman–Crippen MR) is 90.7 cm³/mol. The van der Waals surface area contributed by atoms with Crippen LogP contribution >= 0.6 is 0 Å². The highest BCUT2D eigenvalue weighted by molar-refractivity contribution is 7.87. The van der Waals surface area contributed by atoms with Crippen LogP contribution in [0.2, 0.25) is 0 Å². The van der Waals surface area contributed by atoms with Crippen LogP contribution in [0.3, 0.4) is 0 Å². The third kappa shape index (κ3) is 3.60. The predicted octanol–water partition coefficient (Wildman–Crippen LogP) is 3.79. The Labute approximate surface area is 148 Å². The maximum absolute atomic E-state index is 13.3. The van der Waals surface area contributed by atoms with Crippen LogP contribution in [0.15, 0.2) is 56.6 Å². The fraction of sp³-hybridized carbons (Fsp3) is 0.167. The fourth-order valence-corrected chi connectivity index (χ4v) is 3.48. The van der Waals surface area contributed by atoms with Gasteiger partial charge in [-0.2, -0.15) is 8.42 Å². The summed E-state index contributed by atoms with van der Waals surface area (Å²) < 4.78 is 60.8. The smallest absolute Gasteiger partial charge is 0.339 e. The molecule has 0 fully saturated rings. The van der Waals surface area contributed by atoms with Gasteiger partial charge in [-0.1, -0.05) is 13.3 Å². The summed E-state index contributed by atoms with van der Waals surface area (Å²) in [6.45, 7) is 1.96. The molecule has 0 saturated carbocycles. The standard InChI is InChI=1S/C18H14F2O5S/c1-2-3-11-8-18(21)24-17-9-12(4-6-14(11)17)25-26(22,23)13-5-7-15(19)16(20)10-13/h4-10H,2-3H2,1H3. The first kappa shape index (κ1) is 18.1. The Bertz CT molecular complexity index is 1140. The number of halogens is 2. The second kappa shape index (κ2) is 6.87. The van der Waals surface area contributed by atoms with Crippen molar-refractivity contribution in [3.8, 4) is 5.75 Å². The molecule has 0 aliphatic rings. The van der Waals surface area contributed by atoms with E-state index in [-0.39, 0.29) is 11.3 Å². The number of fused-ring (bicyclic) bond motifs is 1. The molecular formula is C18H14F2O5S. The van der Waals surface area contributed by atoms with Crippen molar-refractivity contribution in [3.05, 3.63) is 70.1 Å². The average molecular weight is 380 g/mol. The van der Waals surface area contributed by atoms with Gasteiger partial charge in [-0.25, -0.2) is 13.6 Å². The van der Waals surface area contributed by atoms with Gasteiger partial charge in [0.1, 0.15) is 16.2 Å². The van der Waals surface area contributed by atoms with E-state index in [2.05, 4.69) is 0 Å². The van der Waals surface area contributed by atoms with E-state index in [4.69, 9.17) is 8.60 Å². The zero-order chi connectivity index (χ0) is 18.9. The molecule has 26 heavy (non-hydrogen) atoms. The highest BCUT2D eigenvalue weighted by Gasteiger charge is 2.19. The quantitative estimate of drug-likeness (QED) is 0.497. The summed E-state index contributed by atoms with van der Waals surface area (Å²) >= 11 is 0. The summed E-state index contributed by atoms with van der Waals surface area (Å²) in [7, 11) is -4.38. The zero-order valence-corrected chi connectivity index (χ0v) is 14.5. The summed E-state index contributed by atoms with van der Waals surface area (Å²) in [5.74, 6) is -2.58. The van der Waals surface area contributed by atoms with Crippen molar-refractivity contribution in [2.75, 3.05) is 0 Å². The lowest BCUT2D eigenvalue weighted by Crippen LogP contribution is -2.10. The summed E-state index contributed by atoms with van der Waals surface area (Å²) in [4.78, 5) is 11.1. The second-order valence-corrected chi connectivity index (χ2v) is 7.16. The maximum Gasteiger partial charge on any atom is 0.339 e. The van der Waals surface area contributed by atoms with Crippen molar-refractivity contribution in [2.45, 2.75) is 24.7 Å². The van der Waals surface area contributed by atoms with Crippen LogP contribution in [0, 0.1) is 11.6 Å². The Balaban J connectivity index is 2.00. The summed E-state index contributed by atoms with van der Waals surface area (Å²) in [6, 6.07) is 7.78. The first-order chi connectivity index (χ1) is 12.3. The molecule has 3 aromatic rings. The van der Waals surface area contributed by atoms with E-state index in [1.54, 1.807) is 6.07 Å². The number of rotatable bonds is 5. The van der Waals surface area contributed by atoms with Gasteiger partial charge in [-0.15, -0.1) is 0 Å². The van der Waals surface area contributed by atoms with Gasteiger partial charge in [0, 0.05) is 17.5 Å². The monoisotopic (exact) mass is 380 g/mol. The third-order valence-electron chi connectivity index (χ3n) is 3.71. The second-order valence-electron chi connectivity index (χ2n) is 5.61. The third-order valence-corrected chi connectivity index (χ3v) is 4.95. The highest BCUT2D eigenvalue weighted by Crippen LogP contribution is 2.26. The highest BCUT2D eigenvalue weighted by atomic mass is 32.2. The minimum absolute atomic E-state index is 0.112. The van der Waals surface area contributed by atoms with Crippen molar-refractivity contribution in [2.24, 2.45) is 0 Å². The van der Waals surface area contributed by atoms with E-state index < -0.39 is 32.3 Å². The molecule has 0 radical (unpaired) electrons. The fourth-order valence-electron chi connectivity index (χ4n) is 2.55. The Kier molecular flexibility index (Phi) is 4.78. The summed E-state index contributed by atoms with van der Waals surface area (Å²) in [5.41, 5.74) is 0.411. The molecule has 1 aromatic heterocycles. The molecule has 0 saturated heterocycles. The van der Waals surface area contributed by atoms with Gasteiger partial charge in [-0.05, 0) is 42.3 Å². The Morgan fingerprint density at radius 2 is 1.81 bits per heavy atom. The summed E-state index contributed by atoms with van der Waals surface area (Å²) in [5, 5.41) is 0.670. The molecular weight excluding hydrogens is 366 g/mol. The van der Waals surface area contributed by atoms with Crippen LogP contribution in [0.25, 0.3) is 11.0 Å². The molecule has 0 aliphatic heterocycles. The number of hydrogen-bond acceptors (Lipinski definition) is 5. The Morgan fingerprint density at radius 1 is 1.04 bits per heavy atom. The topological polar surface area (TPSA) is 73.6 Å². The van der Waals surface area contributed by atoms with E-state index in [0.717, 1.165) is 18.1 Å². The lowest BCUT2D eigenvalue weighted by Gasteiger charge is -2.09. The van der Waals surface area contributed by atoms with Gasteiger partial charge in [0.25, 0.3) is 0 Å². The van der Waals surface area contributed by atoms with E-state index in [1.807, 2.05) is 6.92 Å². The molecule has 5 nitrogen and oxygen atoms in total. The molecule has 1 heterocycles. The average Bonchev–Trinajstić information content (AvgIpc) is 2.56. The maximum atomic E-state index is 13.3. The van der Waals surface area contributed by atoms with Crippen LogP contribution < -0.4 is 9.81 Å². The SMILES string of the molecule is CCCc1cc(=O)oc2cc(OS(=O)(=O)c3ccc(F)c(F)c3)ccc12. The van der Waals surface area contributed by atoms with E-state index in [1.165, 1.54) is 18.2 Å². The number of hydrogen-bond donors (Lipinski definition) is 0. The van der Waals surface area contributed by atoms with Crippen LogP contribution in [-0.2, 0) is 16.5 Å². The molecule has 3 rings (SSSR count). The molecule has 0 unspecified atom stereocenters. The van der Waals surface area contributed by atoms with Gasteiger partial charge in [0.05, 0.1) is 0 Å². The Hall–Kier alpha value is -2.74. The molecule has 2 aromatic carbocycles. The lowest BCUT2D eigenvalue weighted by atomic mass is 10.1. The first-order valence-corrected chi connectivity index (χ1v) is 9.17. The largest absolute Gasteiger partial charge is 0.423 e. The van der Waals surface area contributed by atoms with E-state index in [0.29, 0.717) is 23.9 Å². The molecule has 0 amide bonds.